The first kappa shape index (κ1) is 20.8. The molecule has 0 aromatic heterocycles. The van der Waals surface area contributed by atoms with E-state index in [0.717, 1.165) is 12.8 Å². The molecule has 0 heterocycles. The van der Waals surface area contributed by atoms with Crippen molar-refractivity contribution in [3.8, 4) is 0 Å². The third-order valence-electron chi connectivity index (χ3n) is 1.95. The summed E-state index contributed by atoms with van der Waals surface area (Å²) in [5.41, 5.74) is 10.2. The Hall–Kier alpha value is -0.615. The molecule has 2 radical (unpaired) electrons. The predicted molar refractivity (Wildman–Crippen MR) is 70.8 cm³/mol. The third kappa shape index (κ3) is 7.65. The Morgan fingerprint density at radius 3 is 2.25 bits per heavy atom. The van der Waals surface area contributed by atoms with E-state index in [2.05, 4.69) is 4.99 Å². The van der Waals surface area contributed by atoms with Crippen LogP contribution in [0.25, 0.3) is 0 Å². The van der Waals surface area contributed by atoms with Crippen LogP contribution in [0, 0.1) is 0 Å². The van der Waals surface area contributed by atoms with E-state index < -0.39 is 11.3 Å². The largest absolute Gasteiger partial charge is 0.481 e. The molecule has 0 aliphatic carbocycles. The molecule has 1 atom stereocenters. The smallest absolute Gasteiger partial charge is 0.302 e. The Balaban J connectivity index is -0.000000845. The maximum Gasteiger partial charge on any atom is 0.302 e. The number of guanidine groups is 1. The molecule has 5 nitrogen and oxygen atoms in total. The highest BCUT2D eigenvalue weighted by Gasteiger charge is 2.31. The fraction of sp³-hybridized carbons (Fsp3) is 0.750. The van der Waals surface area contributed by atoms with Crippen molar-refractivity contribution in [2.45, 2.75) is 31.5 Å². The van der Waals surface area contributed by atoms with Gasteiger partial charge >= 0.3 is 5.97 Å². The molecule has 5 N–H and O–H groups in total. The lowest BCUT2D eigenvalue weighted by Crippen LogP contribution is -2.30. The van der Waals surface area contributed by atoms with Crippen molar-refractivity contribution in [2.24, 2.45) is 16.5 Å². The topological polar surface area (TPSA) is 102 Å². The van der Waals surface area contributed by atoms with Gasteiger partial charge in [0.15, 0.2) is 5.96 Å². The predicted octanol–water partition coefficient (Wildman–Crippen LogP) is 0.705. The number of nitrogens with zero attached hydrogens (tertiary/aromatic N) is 1. The van der Waals surface area contributed by atoms with Crippen LogP contribution < -0.4 is 11.5 Å². The van der Waals surface area contributed by atoms with Gasteiger partial charge in [0.25, 0.3) is 0 Å². The molecule has 16 heavy (non-hydrogen) atoms. The van der Waals surface area contributed by atoms with Gasteiger partial charge in [0, 0.05) is 5.31 Å². The van der Waals surface area contributed by atoms with E-state index in [9.17, 15) is 4.79 Å². The normalized spacial score (nSPS) is 12.6. The van der Waals surface area contributed by atoms with E-state index >= 15 is 0 Å². The standard InChI is InChI=1S/C8H16BN3O2.2ClH/c1-2-3-4-8(9,6(13)14)5-12-7(10)11;;/h2-5H2,1H3,(H,13,14)(H4,10,11,12);2*1H. The van der Waals surface area contributed by atoms with Crippen LogP contribution in [0.4, 0.5) is 0 Å². The molecule has 0 aliphatic heterocycles. The van der Waals surface area contributed by atoms with Gasteiger partial charge in [-0.2, -0.15) is 0 Å². The number of carbonyl (C=O) groups is 1. The highest BCUT2D eigenvalue weighted by atomic mass is 35.5. The molecule has 94 valence electrons. The lowest BCUT2D eigenvalue weighted by molar-refractivity contribution is -0.140. The summed E-state index contributed by atoms with van der Waals surface area (Å²) < 4.78 is 0. The minimum atomic E-state index is -1.35. The third-order valence-corrected chi connectivity index (χ3v) is 1.95. The van der Waals surface area contributed by atoms with Crippen LogP contribution in [-0.4, -0.2) is 31.4 Å². The zero-order chi connectivity index (χ0) is 11.2. The number of carboxylic acid groups (broad SMARTS) is 1. The number of aliphatic carboxylic acids is 1. The number of halogens is 2. The Kier molecular flexibility index (Phi) is 12.5. The van der Waals surface area contributed by atoms with Crippen LogP contribution in [0.3, 0.4) is 0 Å². The lowest BCUT2D eigenvalue weighted by atomic mass is 9.65. The second-order valence-corrected chi connectivity index (χ2v) is 3.31. The average Bonchev–Trinajstić information content (AvgIpc) is 2.11. The van der Waals surface area contributed by atoms with Gasteiger partial charge in [-0.3, -0.25) is 9.79 Å². The van der Waals surface area contributed by atoms with Crippen molar-refractivity contribution in [3.63, 3.8) is 0 Å². The van der Waals surface area contributed by atoms with Gasteiger partial charge in [0.05, 0.1) is 14.4 Å². The lowest BCUT2D eigenvalue weighted by Gasteiger charge is -2.22. The summed E-state index contributed by atoms with van der Waals surface area (Å²) in [5.74, 6) is -1.21. The Morgan fingerprint density at radius 1 is 1.44 bits per heavy atom. The van der Waals surface area contributed by atoms with Crippen molar-refractivity contribution >= 4 is 44.6 Å². The van der Waals surface area contributed by atoms with E-state index in [4.69, 9.17) is 24.4 Å². The summed E-state index contributed by atoms with van der Waals surface area (Å²) in [4.78, 5) is 14.5. The molecular formula is C8H18BCl2N3O2. The number of unbranched alkanes of at least 4 members (excludes halogenated alkanes) is 1. The summed E-state index contributed by atoms with van der Waals surface area (Å²) in [5, 5.41) is 7.55. The summed E-state index contributed by atoms with van der Waals surface area (Å²) in [6, 6.07) is 0. The molecule has 0 saturated heterocycles. The number of carboxylic acids is 1. The van der Waals surface area contributed by atoms with Gasteiger partial charge < -0.3 is 16.6 Å². The van der Waals surface area contributed by atoms with Gasteiger partial charge in [-0.05, 0) is 6.42 Å². The molecule has 1 unspecified atom stereocenters. The quantitative estimate of drug-likeness (QED) is 0.375. The van der Waals surface area contributed by atoms with E-state index in [1.165, 1.54) is 0 Å². The first-order chi connectivity index (χ1) is 6.42. The number of hydrogen-bond donors (Lipinski definition) is 3. The SMILES string of the molecule is Cl.Cl.[B]C(CCCC)(CN=C(N)N)C(=O)O. The van der Waals surface area contributed by atoms with E-state index in [-0.39, 0.29) is 37.3 Å². The molecule has 0 aromatic rings. The second-order valence-electron chi connectivity index (χ2n) is 3.31. The van der Waals surface area contributed by atoms with Crippen LogP contribution in [0.2, 0.25) is 5.31 Å². The van der Waals surface area contributed by atoms with Gasteiger partial charge in [0.2, 0.25) is 0 Å². The van der Waals surface area contributed by atoms with Crippen molar-refractivity contribution in [1.82, 2.24) is 0 Å². The Bertz CT molecular complexity index is 237. The number of rotatable bonds is 6. The van der Waals surface area contributed by atoms with Crippen LogP contribution in [-0.2, 0) is 4.79 Å². The van der Waals surface area contributed by atoms with E-state index in [0.29, 0.717) is 6.42 Å². The number of aliphatic imine (C=N–C) groups is 1. The minimum Gasteiger partial charge on any atom is -0.481 e. The average molecular weight is 270 g/mol. The molecule has 0 spiro atoms. The molecule has 0 aliphatic rings. The van der Waals surface area contributed by atoms with Gasteiger partial charge in [0.1, 0.15) is 0 Å². The first-order valence-electron chi connectivity index (χ1n) is 4.50. The van der Waals surface area contributed by atoms with Gasteiger partial charge in [-0.15, -0.1) is 24.8 Å². The van der Waals surface area contributed by atoms with Crippen LogP contribution >= 0.6 is 24.8 Å². The summed E-state index contributed by atoms with van der Waals surface area (Å²) in [6.07, 6.45) is 1.99. The fourth-order valence-corrected chi connectivity index (χ4v) is 0.978. The fourth-order valence-electron chi connectivity index (χ4n) is 0.978. The molecule has 0 bridgehead atoms. The molecule has 8 heteroatoms. The van der Waals surface area contributed by atoms with Crippen molar-refractivity contribution in [1.29, 1.82) is 0 Å². The zero-order valence-corrected chi connectivity index (χ0v) is 10.8. The van der Waals surface area contributed by atoms with Crippen molar-refractivity contribution in [2.75, 3.05) is 6.54 Å². The highest BCUT2D eigenvalue weighted by Crippen LogP contribution is 2.29. The van der Waals surface area contributed by atoms with Crippen molar-refractivity contribution in [3.05, 3.63) is 0 Å². The van der Waals surface area contributed by atoms with Crippen LogP contribution in [0.5, 0.6) is 0 Å². The number of hydrogen-bond acceptors (Lipinski definition) is 2. The maximum absolute atomic E-state index is 10.9. The highest BCUT2D eigenvalue weighted by molar-refractivity contribution is 6.27. The number of nitrogens with two attached hydrogens (primary N) is 2. The maximum atomic E-state index is 10.9. The Labute approximate surface area is 109 Å². The zero-order valence-electron chi connectivity index (χ0n) is 9.18. The molecule has 0 rings (SSSR count). The monoisotopic (exact) mass is 269 g/mol. The summed E-state index contributed by atoms with van der Waals surface area (Å²) >= 11 is 0. The van der Waals surface area contributed by atoms with Crippen molar-refractivity contribution < 1.29 is 9.90 Å². The van der Waals surface area contributed by atoms with E-state index in [1.807, 2.05) is 6.92 Å². The van der Waals surface area contributed by atoms with Crippen LogP contribution in [0.1, 0.15) is 26.2 Å². The minimum absolute atomic E-state index is 0. The molecule has 0 fully saturated rings. The van der Waals surface area contributed by atoms with Gasteiger partial charge in [-0.25, -0.2) is 0 Å². The first-order valence-corrected chi connectivity index (χ1v) is 4.50. The molecule has 0 aromatic carbocycles. The van der Waals surface area contributed by atoms with E-state index in [1.54, 1.807) is 0 Å². The summed E-state index contributed by atoms with van der Waals surface area (Å²) in [6.45, 7) is 1.88. The van der Waals surface area contributed by atoms with Crippen LogP contribution in [0.15, 0.2) is 4.99 Å². The summed E-state index contributed by atoms with van der Waals surface area (Å²) in [7, 11) is 5.66. The molecule has 0 saturated carbocycles. The molecular weight excluding hydrogens is 252 g/mol. The Morgan fingerprint density at radius 2 is 1.94 bits per heavy atom. The molecule has 0 amide bonds. The second kappa shape index (κ2) is 9.60. The van der Waals surface area contributed by atoms with Gasteiger partial charge in [-0.1, -0.05) is 19.8 Å².